The van der Waals surface area contributed by atoms with E-state index in [1.54, 1.807) is 0 Å². The second kappa shape index (κ2) is 4.47. The van der Waals surface area contributed by atoms with Gasteiger partial charge in [-0.2, -0.15) is 0 Å². The van der Waals surface area contributed by atoms with Crippen LogP contribution in [0.15, 0.2) is 11.4 Å². The van der Waals surface area contributed by atoms with E-state index >= 15 is 0 Å². The fraction of sp³-hybridized carbons (Fsp3) is 0.636. The minimum Gasteiger partial charge on any atom is -0.386 e. The fourth-order valence-corrected chi connectivity index (χ4v) is 5.22. The Hall–Kier alpha value is -0.390. The molecule has 0 saturated carbocycles. The minimum absolute atomic E-state index is 0.221. The Labute approximate surface area is 100 Å². The SMILES string of the molecule is Cc1ccsc1C(O)C1CCCCS1(=O)=O. The van der Waals surface area contributed by atoms with Crippen molar-refractivity contribution >= 4 is 21.2 Å². The molecule has 1 aromatic rings. The highest BCUT2D eigenvalue weighted by atomic mass is 32.2. The van der Waals surface area contributed by atoms with Crippen molar-refractivity contribution in [1.82, 2.24) is 0 Å². The van der Waals surface area contributed by atoms with Gasteiger partial charge in [-0.3, -0.25) is 0 Å². The van der Waals surface area contributed by atoms with Crippen molar-refractivity contribution in [3.63, 3.8) is 0 Å². The molecule has 2 unspecified atom stereocenters. The van der Waals surface area contributed by atoms with Crippen LogP contribution in [-0.4, -0.2) is 24.5 Å². The molecule has 0 radical (unpaired) electrons. The second-order valence-electron chi connectivity index (χ2n) is 4.31. The molecule has 1 saturated heterocycles. The Balaban J connectivity index is 2.28. The molecule has 1 fully saturated rings. The van der Waals surface area contributed by atoms with Gasteiger partial charge in [0.25, 0.3) is 0 Å². The number of hydrogen-bond donors (Lipinski definition) is 1. The third kappa shape index (κ3) is 2.17. The van der Waals surface area contributed by atoms with E-state index in [1.807, 2.05) is 18.4 Å². The summed E-state index contributed by atoms with van der Waals surface area (Å²) in [4.78, 5) is 0.801. The van der Waals surface area contributed by atoms with Gasteiger partial charge in [0.05, 0.1) is 11.0 Å². The molecule has 16 heavy (non-hydrogen) atoms. The van der Waals surface area contributed by atoms with E-state index in [-0.39, 0.29) is 5.75 Å². The summed E-state index contributed by atoms with van der Waals surface area (Å²) >= 11 is 1.44. The molecule has 3 nitrogen and oxygen atoms in total. The lowest BCUT2D eigenvalue weighted by molar-refractivity contribution is 0.167. The molecule has 5 heteroatoms. The Morgan fingerprint density at radius 1 is 1.50 bits per heavy atom. The van der Waals surface area contributed by atoms with Crippen molar-refractivity contribution in [2.75, 3.05) is 5.75 Å². The summed E-state index contributed by atoms with van der Waals surface area (Å²) < 4.78 is 23.7. The van der Waals surface area contributed by atoms with Gasteiger partial charge < -0.3 is 5.11 Å². The summed E-state index contributed by atoms with van der Waals surface area (Å²) in [6.45, 7) is 1.91. The number of sulfone groups is 1. The fourth-order valence-electron chi connectivity index (χ4n) is 2.19. The molecule has 2 atom stereocenters. The zero-order chi connectivity index (χ0) is 11.8. The lowest BCUT2D eigenvalue weighted by atomic mass is 10.1. The molecule has 90 valence electrons. The normalized spacial score (nSPS) is 26.5. The van der Waals surface area contributed by atoms with Crippen LogP contribution in [0.5, 0.6) is 0 Å². The first-order valence-electron chi connectivity index (χ1n) is 5.46. The maximum atomic E-state index is 11.9. The van der Waals surface area contributed by atoms with E-state index in [4.69, 9.17) is 0 Å². The van der Waals surface area contributed by atoms with Crippen LogP contribution in [0.1, 0.15) is 35.8 Å². The van der Waals surface area contributed by atoms with Gasteiger partial charge in [-0.25, -0.2) is 8.42 Å². The zero-order valence-electron chi connectivity index (χ0n) is 9.22. The summed E-state index contributed by atoms with van der Waals surface area (Å²) in [7, 11) is -3.11. The number of hydrogen-bond acceptors (Lipinski definition) is 4. The Kier molecular flexibility index (Phi) is 3.37. The van der Waals surface area contributed by atoms with Crippen LogP contribution in [0.3, 0.4) is 0 Å². The molecular formula is C11H16O3S2. The van der Waals surface area contributed by atoms with Crippen molar-refractivity contribution in [2.45, 2.75) is 37.5 Å². The molecule has 0 bridgehead atoms. The van der Waals surface area contributed by atoms with E-state index in [0.29, 0.717) is 6.42 Å². The van der Waals surface area contributed by atoms with Gasteiger partial charge in [-0.15, -0.1) is 11.3 Å². The van der Waals surface area contributed by atoms with Crippen LogP contribution in [0, 0.1) is 6.92 Å². The maximum absolute atomic E-state index is 11.9. The van der Waals surface area contributed by atoms with Crippen LogP contribution in [0.25, 0.3) is 0 Å². The van der Waals surface area contributed by atoms with E-state index in [1.165, 1.54) is 11.3 Å². The molecule has 2 rings (SSSR count). The smallest absolute Gasteiger partial charge is 0.156 e. The van der Waals surface area contributed by atoms with E-state index in [2.05, 4.69) is 0 Å². The van der Waals surface area contributed by atoms with Gasteiger partial charge >= 0.3 is 0 Å². The van der Waals surface area contributed by atoms with Gasteiger partial charge in [0.2, 0.25) is 0 Å². The zero-order valence-corrected chi connectivity index (χ0v) is 10.9. The number of aryl methyl sites for hydroxylation is 1. The van der Waals surface area contributed by atoms with Gasteiger partial charge in [0, 0.05) is 4.88 Å². The van der Waals surface area contributed by atoms with E-state index < -0.39 is 21.2 Å². The lowest BCUT2D eigenvalue weighted by Gasteiger charge is -2.26. The number of aliphatic hydroxyl groups excluding tert-OH is 1. The van der Waals surface area contributed by atoms with Gasteiger partial charge in [-0.1, -0.05) is 6.42 Å². The molecule has 1 N–H and O–H groups in total. The molecular weight excluding hydrogens is 244 g/mol. The van der Waals surface area contributed by atoms with E-state index in [0.717, 1.165) is 23.3 Å². The summed E-state index contributed by atoms with van der Waals surface area (Å²) in [5.74, 6) is 0.221. The molecule has 0 amide bonds. The lowest BCUT2D eigenvalue weighted by Crippen LogP contribution is -2.33. The summed E-state index contributed by atoms with van der Waals surface area (Å²) in [6.07, 6.45) is 1.37. The van der Waals surface area contributed by atoms with Gasteiger partial charge in [-0.05, 0) is 36.8 Å². The Morgan fingerprint density at radius 2 is 2.25 bits per heavy atom. The average Bonchev–Trinajstić information content (AvgIpc) is 2.63. The predicted octanol–water partition coefficient (Wildman–Crippen LogP) is 2.06. The molecule has 2 heterocycles. The average molecular weight is 260 g/mol. The first kappa shape index (κ1) is 12.1. The van der Waals surface area contributed by atoms with E-state index in [9.17, 15) is 13.5 Å². The van der Waals surface area contributed by atoms with Crippen molar-refractivity contribution in [1.29, 1.82) is 0 Å². The highest BCUT2D eigenvalue weighted by Crippen LogP contribution is 2.34. The van der Waals surface area contributed by atoms with Crippen molar-refractivity contribution in [2.24, 2.45) is 0 Å². The Bertz CT molecular complexity index is 461. The van der Waals surface area contributed by atoms with Crippen LogP contribution in [0.4, 0.5) is 0 Å². The highest BCUT2D eigenvalue weighted by molar-refractivity contribution is 7.92. The Morgan fingerprint density at radius 3 is 2.81 bits per heavy atom. The summed E-state index contributed by atoms with van der Waals surface area (Å²) in [5.41, 5.74) is 0.985. The molecule has 0 aliphatic carbocycles. The molecule has 1 aliphatic rings. The predicted molar refractivity (Wildman–Crippen MR) is 65.4 cm³/mol. The second-order valence-corrected chi connectivity index (χ2v) is 7.60. The monoisotopic (exact) mass is 260 g/mol. The van der Waals surface area contributed by atoms with Crippen LogP contribution >= 0.6 is 11.3 Å². The van der Waals surface area contributed by atoms with Crippen molar-refractivity contribution < 1.29 is 13.5 Å². The quantitative estimate of drug-likeness (QED) is 0.885. The third-order valence-corrected chi connectivity index (χ3v) is 6.51. The maximum Gasteiger partial charge on any atom is 0.156 e. The van der Waals surface area contributed by atoms with Crippen LogP contribution in [-0.2, 0) is 9.84 Å². The number of thiophene rings is 1. The number of rotatable bonds is 2. The molecule has 1 aliphatic heterocycles. The molecule has 1 aromatic heterocycles. The topological polar surface area (TPSA) is 54.4 Å². The number of aliphatic hydroxyl groups is 1. The van der Waals surface area contributed by atoms with Crippen LogP contribution < -0.4 is 0 Å². The summed E-state index contributed by atoms with van der Waals surface area (Å²) in [6, 6.07) is 1.92. The van der Waals surface area contributed by atoms with Gasteiger partial charge in [0.1, 0.15) is 6.10 Å². The van der Waals surface area contributed by atoms with Crippen molar-refractivity contribution in [3.8, 4) is 0 Å². The molecule has 0 spiro atoms. The third-order valence-electron chi connectivity index (χ3n) is 3.15. The summed E-state index contributed by atoms with van der Waals surface area (Å²) in [5, 5.41) is 11.5. The first-order chi connectivity index (χ1) is 7.52. The highest BCUT2D eigenvalue weighted by Gasteiger charge is 2.36. The van der Waals surface area contributed by atoms with Crippen molar-refractivity contribution in [3.05, 3.63) is 21.9 Å². The van der Waals surface area contributed by atoms with Gasteiger partial charge in [0.15, 0.2) is 9.84 Å². The standard InChI is InChI=1S/C11H16O3S2/c1-8-5-6-15-11(8)10(12)9-4-2-3-7-16(9,13)14/h5-6,9-10,12H,2-4,7H2,1H3. The first-order valence-corrected chi connectivity index (χ1v) is 8.05. The van der Waals surface area contributed by atoms with Crippen LogP contribution in [0.2, 0.25) is 0 Å². The molecule has 0 aromatic carbocycles. The largest absolute Gasteiger partial charge is 0.386 e. The minimum atomic E-state index is -3.11.